The van der Waals surface area contributed by atoms with Crippen molar-refractivity contribution in [2.45, 2.75) is 13.0 Å². The lowest BCUT2D eigenvalue weighted by Crippen LogP contribution is -2.41. The van der Waals surface area contributed by atoms with Crippen LogP contribution in [0.2, 0.25) is 0 Å². The molecule has 2 aromatic rings. The molecule has 3 rings (SSSR count). The van der Waals surface area contributed by atoms with Crippen LogP contribution in [0.15, 0.2) is 53.0 Å². The van der Waals surface area contributed by atoms with Gasteiger partial charge < -0.3 is 0 Å². The van der Waals surface area contributed by atoms with E-state index in [4.69, 9.17) is 0 Å². The Hall–Kier alpha value is -1.94. The summed E-state index contributed by atoms with van der Waals surface area (Å²) in [6.07, 6.45) is 0.288. The molecule has 2 aromatic carbocycles. The standard InChI is InChI=1S/C16H12BrNO2/c17-13-6-3-4-11(8-13)10-18-15(19)9-12-5-1-2-7-14(12)16(18)20/h1-8H,9-10H2. The molecular formula is C16H12BrNO2. The molecule has 0 spiro atoms. The largest absolute Gasteiger partial charge is 0.274 e. The molecule has 0 saturated heterocycles. The zero-order valence-corrected chi connectivity index (χ0v) is 12.3. The summed E-state index contributed by atoms with van der Waals surface area (Å²) in [7, 11) is 0. The van der Waals surface area contributed by atoms with E-state index >= 15 is 0 Å². The number of imide groups is 1. The Labute approximate surface area is 125 Å². The maximum Gasteiger partial charge on any atom is 0.261 e. The number of halogens is 1. The van der Waals surface area contributed by atoms with E-state index in [1.807, 2.05) is 42.5 Å². The van der Waals surface area contributed by atoms with Crippen LogP contribution >= 0.6 is 15.9 Å². The molecule has 0 saturated carbocycles. The molecule has 0 unspecified atom stereocenters. The Morgan fingerprint density at radius 2 is 1.85 bits per heavy atom. The third-order valence-electron chi connectivity index (χ3n) is 3.37. The summed E-state index contributed by atoms with van der Waals surface area (Å²) in [5.74, 6) is -0.356. The van der Waals surface area contributed by atoms with E-state index in [-0.39, 0.29) is 18.2 Å². The van der Waals surface area contributed by atoms with Crippen LogP contribution in [-0.2, 0) is 17.8 Å². The number of rotatable bonds is 2. The van der Waals surface area contributed by atoms with Crippen molar-refractivity contribution in [1.82, 2.24) is 4.90 Å². The Kier molecular flexibility index (Phi) is 3.40. The number of fused-ring (bicyclic) bond motifs is 1. The lowest BCUT2D eigenvalue weighted by molar-refractivity contribution is -0.128. The summed E-state index contributed by atoms with van der Waals surface area (Å²) < 4.78 is 0.937. The summed E-state index contributed by atoms with van der Waals surface area (Å²) >= 11 is 3.39. The van der Waals surface area contributed by atoms with Gasteiger partial charge in [-0.25, -0.2) is 0 Å². The lowest BCUT2D eigenvalue weighted by Gasteiger charge is -2.26. The SMILES string of the molecule is O=C1Cc2ccccc2C(=O)N1Cc1cccc(Br)c1. The van der Waals surface area contributed by atoms with Gasteiger partial charge in [-0.1, -0.05) is 46.3 Å². The van der Waals surface area contributed by atoms with E-state index in [9.17, 15) is 9.59 Å². The summed E-state index contributed by atoms with van der Waals surface area (Å²) in [6, 6.07) is 14.9. The minimum atomic E-state index is -0.211. The molecule has 3 nitrogen and oxygen atoms in total. The molecule has 1 heterocycles. The van der Waals surface area contributed by atoms with Crippen molar-refractivity contribution in [3.8, 4) is 0 Å². The molecule has 0 aromatic heterocycles. The number of carbonyl (C=O) groups is 2. The lowest BCUT2D eigenvalue weighted by atomic mass is 9.98. The van der Waals surface area contributed by atoms with Crippen molar-refractivity contribution in [3.63, 3.8) is 0 Å². The van der Waals surface area contributed by atoms with Crippen LogP contribution in [0.4, 0.5) is 0 Å². The normalized spacial score (nSPS) is 14.3. The van der Waals surface area contributed by atoms with E-state index in [1.54, 1.807) is 6.07 Å². The van der Waals surface area contributed by atoms with Gasteiger partial charge in [0, 0.05) is 10.0 Å². The van der Waals surface area contributed by atoms with Gasteiger partial charge in [0.05, 0.1) is 13.0 Å². The first kappa shape index (κ1) is 13.1. The van der Waals surface area contributed by atoms with Gasteiger partial charge in [0.15, 0.2) is 0 Å². The summed E-state index contributed by atoms with van der Waals surface area (Å²) in [5, 5.41) is 0. The molecule has 20 heavy (non-hydrogen) atoms. The molecule has 0 radical (unpaired) electrons. The molecule has 0 aliphatic carbocycles. The van der Waals surface area contributed by atoms with Crippen molar-refractivity contribution in [3.05, 3.63) is 69.7 Å². The van der Waals surface area contributed by atoms with Crippen LogP contribution in [0.25, 0.3) is 0 Å². The highest BCUT2D eigenvalue weighted by atomic mass is 79.9. The fraction of sp³-hybridized carbons (Fsp3) is 0.125. The second kappa shape index (κ2) is 5.21. The maximum atomic E-state index is 12.4. The number of carbonyl (C=O) groups excluding carboxylic acids is 2. The number of benzene rings is 2. The maximum absolute atomic E-state index is 12.4. The molecule has 1 aliphatic heterocycles. The molecule has 100 valence electrons. The Balaban J connectivity index is 1.91. The van der Waals surface area contributed by atoms with Crippen LogP contribution in [0.1, 0.15) is 21.5 Å². The summed E-state index contributed by atoms with van der Waals surface area (Å²) in [5.41, 5.74) is 2.37. The van der Waals surface area contributed by atoms with Gasteiger partial charge in [0.1, 0.15) is 0 Å². The third kappa shape index (κ3) is 2.39. The highest BCUT2D eigenvalue weighted by molar-refractivity contribution is 9.10. The van der Waals surface area contributed by atoms with Gasteiger partial charge in [0.25, 0.3) is 5.91 Å². The second-order valence-electron chi connectivity index (χ2n) is 4.75. The molecule has 2 amide bonds. The minimum absolute atomic E-state index is 0.145. The fourth-order valence-corrected chi connectivity index (χ4v) is 2.82. The second-order valence-corrected chi connectivity index (χ2v) is 5.66. The van der Waals surface area contributed by atoms with Crippen LogP contribution in [-0.4, -0.2) is 16.7 Å². The summed E-state index contributed by atoms with van der Waals surface area (Å²) in [6.45, 7) is 0.311. The zero-order valence-electron chi connectivity index (χ0n) is 10.7. The highest BCUT2D eigenvalue weighted by Gasteiger charge is 2.30. The average Bonchev–Trinajstić information content (AvgIpc) is 2.43. The smallest absolute Gasteiger partial charge is 0.261 e. The van der Waals surface area contributed by atoms with Gasteiger partial charge in [-0.05, 0) is 29.3 Å². The van der Waals surface area contributed by atoms with E-state index in [0.29, 0.717) is 12.1 Å². The summed E-state index contributed by atoms with van der Waals surface area (Å²) in [4.78, 5) is 25.9. The topological polar surface area (TPSA) is 37.4 Å². The first-order valence-corrected chi connectivity index (χ1v) is 7.11. The Bertz CT molecular complexity index is 696. The van der Waals surface area contributed by atoms with E-state index in [0.717, 1.165) is 15.6 Å². The molecular weight excluding hydrogens is 318 g/mol. The van der Waals surface area contributed by atoms with Crippen LogP contribution in [0.5, 0.6) is 0 Å². The predicted molar refractivity (Wildman–Crippen MR) is 79.2 cm³/mol. The molecule has 0 fully saturated rings. The van der Waals surface area contributed by atoms with Gasteiger partial charge in [-0.15, -0.1) is 0 Å². The molecule has 0 atom stereocenters. The van der Waals surface area contributed by atoms with Crippen LogP contribution < -0.4 is 0 Å². The quantitative estimate of drug-likeness (QED) is 0.793. The molecule has 1 aliphatic rings. The van der Waals surface area contributed by atoms with E-state index in [1.165, 1.54) is 4.90 Å². The molecule has 4 heteroatoms. The van der Waals surface area contributed by atoms with Crippen molar-refractivity contribution >= 4 is 27.7 Å². The molecule has 0 N–H and O–H groups in total. The van der Waals surface area contributed by atoms with E-state index < -0.39 is 0 Å². The van der Waals surface area contributed by atoms with Gasteiger partial charge in [0.2, 0.25) is 5.91 Å². The first-order valence-electron chi connectivity index (χ1n) is 6.32. The zero-order chi connectivity index (χ0) is 14.1. The first-order chi connectivity index (χ1) is 9.65. The number of nitrogens with zero attached hydrogens (tertiary/aromatic N) is 1. The Morgan fingerprint density at radius 3 is 2.65 bits per heavy atom. The van der Waals surface area contributed by atoms with Crippen molar-refractivity contribution in [1.29, 1.82) is 0 Å². The average molecular weight is 330 g/mol. The third-order valence-corrected chi connectivity index (χ3v) is 3.86. The monoisotopic (exact) mass is 329 g/mol. The van der Waals surface area contributed by atoms with Gasteiger partial charge >= 0.3 is 0 Å². The molecule has 0 bridgehead atoms. The number of hydrogen-bond acceptors (Lipinski definition) is 2. The number of hydrogen-bond donors (Lipinski definition) is 0. The Morgan fingerprint density at radius 1 is 1.05 bits per heavy atom. The van der Waals surface area contributed by atoms with Gasteiger partial charge in [-0.2, -0.15) is 0 Å². The number of amides is 2. The van der Waals surface area contributed by atoms with Crippen LogP contribution in [0.3, 0.4) is 0 Å². The predicted octanol–water partition coefficient (Wildman–Crippen LogP) is 3.17. The van der Waals surface area contributed by atoms with Crippen molar-refractivity contribution in [2.24, 2.45) is 0 Å². The van der Waals surface area contributed by atoms with Gasteiger partial charge in [-0.3, -0.25) is 14.5 Å². The van der Waals surface area contributed by atoms with E-state index in [2.05, 4.69) is 15.9 Å². The van der Waals surface area contributed by atoms with Crippen molar-refractivity contribution < 1.29 is 9.59 Å². The minimum Gasteiger partial charge on any atom is -0.274 e. The highest BCUT2D eigenvalue weighted by Crippen LogP contribution is 2.22. The van der Waals surface area contributed by atoms with Crippen LogP contribution in [0, 0.1) is 0 Å². The van der Waals surface area contributed by atoms with Crippen molar-refractivity contribution in [2.75, 3.05) is 0 Å². The fourth-order valence-electron chi connectivity index (χ4n) is 2.38.